The molecule has 0 saturated heterocycles. The molecule has 0 amide bonds. The first-order chi connectivity index (χ1) is 8.99. The van der Waals surface area contributed by atoms with E-state index < -0.39 is 11.7 Å². The smallest absolute Gasteiger partial charge is 0.348 e. The number of aryl methyl sites for hydroxylation is 1. The molecular formula is C11H10BrN3O3S. The van der Waals surface area contributed by atoms with Gasteiger partial charge in [0.2, 0.25) is 0 Å². The highest BCUT2D eigenvalue weighted by molar-refractivity contribution is 9.10. The fraction of sp³-hybridized carbons (Fsp3) is 0.182. The molecule has 2 N–H and O–H groups in total. The Morgan fingerprint density at radius 1 is 1.58 bits per heavy atom. The van der Waals surface area contributed by atoms with Crippen LogP contribution in [0.25, 0.3) is 5.69 Å². The van der Waals surface area contributed by atoms with Crippen LogP contribution in [-0.4, -0.2) is 31.6 Å². The van der Waals surface area contributed by atoms with Gasteiger partial charge in [0.25, 0.3) is 0 Å². The standard InChI is InChI=1S/C11H10BrN3O3S/c1-6-2-3-7(12)4-8(6)15-10(18)13-14-11(15)19-5-9(16)17/h2-4H,5H2,1H3,(H,13,18)(H,16,17). The summed E-state index contributed by atoms with van der Waals surface area (Å²) in [6.45, 7) is 1.87. The van der Waals surface area contributed by atoms with Crippen molar-refractivity contribution in [2.45, 2.75) is 12.1 Å². The number of thioether (sulfide) groups is 1. The summed E-state index contributed by atoms with van der Waals surface area (Å²) in [5, 5.41) is 15.2. The topological polar surface area (TPSA) is 88.0 Å². The Morgan fingerprint density at radius 3 is 3.00 bits per heavy atom. The zero-order chi connectivity index (χ0) is 14.0. The SMILES string of the molecule is Cc1ccc(Br)cc1-n1c(SCC(=O)O)n[nH]c1=O. The molecule has 6 nitrogen and oxygen atoms in total. The molecule has 1 aromatic carbocycles. The summed E-state index contributed by atoms with van der Waals surface area (Å²) in [6.07, 6.45) is 0. The van der Waals surface area contributed by atoms with Gasteiger partial charge in [-0.2, -0.15) is 0 Å². The summed E-state index contributed by atoms with van der Waals surface area (Å²) in [5.74, 6) is -1.12. The Labute approximate surface area is 121 Å². The van der Waals surface area contributed by atoms with Crippen LogP contribution in [-0.2, 0) is 4.79 Å². The van der Waals surface area contributed by atoms with Crippen LogP contribution in [0.2, 0.25) is 0 Å². The van der Waals surface area contributed by atoms with Crippen molar-refractivity contribution >= 4 is 33.7 Å². The highest BCUT2D eigenvalue weighted by atomic mass is 79.9. The average molecular weight is 344 g/mol. The maximum Gasteiger partial charge on any atom is 0.348 e. The predicted octanol–water partition coefficient (Wildman–Crippen LogP) is 1.81. The lowest BCUT2D eigenvalue weighted by Crippen LogP contribution is -2.17. The van der Waals surface area contributed by atoms with Crippen LogP contribution < -0.4 is 5.69 Å². The third kappa shape index (κ3) is 3.07. The number of aromatic nitrogens is 3. The summed E-state index contributed by atoms with van der Waals surface area (Å²) < 4.78 is 2.20. The molecule has 0 unspecified atom stereocenters. The van der Waals surface area contributed by atoms with Gasteiger partial charge in [0.05, 0.1) is 11.4 Å². The lowest BCUT2D eigenvalue weighted by molar-refractivity contribution is -0.133. The molecule has 0 aliphatic heterocycles. The van der Waals surface area contributed by atoms with Gasteiger partial charge in [0, 0.05) is 4.47 Å². The molecule has 1 aromatic heterocycles. The van der Waals surface area contributed by atoms with Crippen LogP contribution >= 0.6 is 27.7 Å². The van der Waals surface area contributed by atoms with Crippen molar-refractivity contribution in [2.24, 2.45) is 0 Å². The van der Waals surface area contributed by atoms with E-state index in [1.54, 1.807) is 6.07 Å². The second-order valence-corrected chi connectivity index (χ2v) is 5.62. The molecule has 0 fully saturated rings. The third-order valence-corrected chi connectivity index (χ3v) is 3.79. The number of nitrogens with one attached hydrogen (secondary N) is 1. The van der Waals surface area contributed by atoms with Gasteiger partial charge in [-0.05, 0) is 24.6 Å². The van der Waals surface area contributed by atoms with Crippen molar-refractivity contribution < 1.29 is 9.90 Å². The molecule has 0 aliphatic carbocycles. The highest BCUT2D eigenvalue weighted by Gasteiger charge is 2.14. The van der Waals surface area contributed by atoms with Crippen molar-refractivity contribution in [1.82, 2.24) is 14.8 Å². The highest BCUT2D eigenvalue weighted by Crippen LogP contribution is 2.23. The Hall–Kier alpha value is -1.54. The average Bonchev–Trinajstić information content (AvgIpc) is 2.71. The zero-order valence-corrected chi connectivity index (χ0v) is 12.3. The number of hydrogen-bond acceptors (Lipinski definition) is 4. The van der Waals surface area contributed by atoms with Gasteiger partial charge in [-0.15, -0.1) is 5.10 Å². The number of carboxylic acid groups (broad SMARTS) is 1. The van der Waals surface area contributed by atoms with Crippen molar-refractivity contribution in [3.05, 3.63) is 38.7 Å². The van der Waals surface area contributed by atoms with E-state index in [2.05, 4.69) is 26.1 Å². The summed E-state index contributed by atoms with van der Waals surface area (Å²) in [4.78, 5) is 22.4. The summed E-state index contributed by atoms with van der Waals surface area (Å²) in [6, 6.07) is 5.52. The number of benzene rings is 1. The van der Waals surface area contributed by atoms with E-state index in [0.717, 1.165) is 21.8 Å². The van der Waals surface area contributed by atoms with Gasteiger partial charge in [0.15, 0.2) is 5.16 Å². The van der Waals surface area contributed by atoms with E-state index in [0.29, 0.717) is 10.8 Å². The molecule has 0 bridgehead atoms. The molecule has 2 aromatic rings. The maximum atomic E-state index is 11.8. The summed E-state index contributed by atoms with van der Waals surface area (Å²) in [5.41, 5.74) is 1.17. The van der Waals surface area contributed by atoms with Crippen molar-refractivity contribution in [3.63, 3.8) is 0 Å². The monoisotopic (exact) mass is 343 g/mol. The number of halogens is 1. The van der Waals surface area contributed by atoms with Gasteiger partial charge in [-0.25, -0.2) is 14.5 Å². The molecule has 0 saturated carbocycles. The number of aliphatic carboxylic acids is 1. The second kappa shape index (κ2) is 5.62. The van der Waals surface area contributed by atoms with E-state index in [1.165, 1.54) is 4.57 Å². The largest absolute Gasteiger partial charge is 0.481 e. The number of aromatic amines is 1. The Morgan fingerprint density at radius 2 is 2.32 bits per heavy atom. The van der Waals surface area contributed by atoms with Crippen LogP contribution in [0.5, 0.6) is 0 Å². The number of nitrogens with zero attached hydrogens (tertiary/aromatic N) is 2. The molecule has 0 radical (unpaired) electrons. The van der Waals surface area contributed by atoms with Crippen LogP contribution in [0.3, 0.4) is 0 Å². The molecule has 100 valence electrons. The van der Waals surface area contributed by atoms with Crippen LogP contribution in [0.15, 0.2) is 32.6 Å². The van der Waals surface area contributed by atoms with Gasteiger partial charge >= 0.3 is 11.7 Å². The fourth-order valence-electron chi connectivity index (χ4n) is 1.54. The van der Waals surface area contributed by atoms with Crippen molar-refractivity contribution in [1.29, 1.82) is 0 Å². The third-order valence-electron chi connectivity index (χ3n) is 2.38. The number of hydrogen-bond donors (Lipinski definition) is 2. The Balaban J connectivity index is 2.49. The summed E-state index contributed by atoms with van der Waals surface area (Å²) in [7, 11) is 0. The molecule has 1 heterocycles. The number of carbonyl (C=O) groups is 1. The first-order valence-electron chi connectivity index (χ1n) is 5.27. The maximum absolute atomic E-state index is 11.8. The van der Waals surface area contributed by atoms with E-state index >= 15 is 0 Å². The summed E-state index contributed by atoms with van der Waals surface area (Å²) >= 11 is 4.34. The quantitative estimate of drug-likeness (QED) is 0.826. The molecule has 2 rings (SSSR count). The fourth-order valence-corrected chi connectivity index (χ4v) is 2.56. The van der Waals surface area contributed by atoms with Crippen LogP contribution in [0.1, 0.15) is 5.56 Å². The number of carboxylic acids is 1. The zero-order valence-electron chi connectivity index (χ0n) is 9.88. The molecular weight excluding hydrogens is 334 g/mol. The normalized spacial score (nSPS) is 10.6. The lowest BCUT2D eigenvalue weighted by atomic mass is 10.2. The Kier molecular flexibility index (Phi) is 4.11. The van der Waals surface area contributed by atoms with E-state index in [9.17, 15) is 9.59 Å². The Bertz CT molecular complexity index is 680. The van der Waals surface area contributed by atoms with Crippen molar-refractivity contribution in [2.75, 3.05) is 5.75 Å². The van der Waals surface area contributed by atoms with Gasteiger partial charge in [0.1, 0.15) is 0 Å². The second-order valence-electron chi connectivity index (χ2n) is 3.76. The van der Waals surface area contributed by atoms with Crippen LogP contribution in [0, 0.1) is 6.92 Å². The molecule has 19 heavy (non-hydrogen) atoms. The lowest BCUT2D eigenvalue weighted by Gasteiger charge is -2.08. The van der Waals surface area contributed by atoms with Gasteiger partial charge in [-0.3, -0.25) is 4.79 Å². The molecule has 0 aliphatic rings. The predicted molar refractivity (Wildman–Crippen MR) is 75.0 cm³/mol. The van der Waals surface area contributed by atoms with E-state index in [1.807, 2.05) is 19.1 Å². The van der Waals surface area contributed by atoms with Gasteiger partial charge in [-0.1, -0.05) is 33.8 Å². The van der Waals surface area contributed by atoms with Crippen LogP contribution in [0.4, 0.5) is 0 Å². The van der Waals surface area contributed by atoms with E-state index in [-0.39, 0.29) is 5.75 Å². The minimum Gasteiger partial charge on any atom is -0.481 e. The molecule has 0 spiro atoms. The van der Waals surface area contributed by atoms with E-state index in [4.69, 9.17) is 5.11 Å². The first-order valence-corrected chi connectivity index (χ1v) is 7.05. The minimum atomic E-state index is -0.960. The number of H-pyrrole nitrogens is 1. The molecule has 0 atom stereocenters. The van der Waals surface area contributed by atoms with Crippen molar-refractivity contribution in [3.8, 4) is 5.69 Å². The molecule has 8 heteroatoms. The first kappa shape index (κ1) is 13.9. The number of rotatable bonds is 4. The minimum absolute atomic E-state index is 0.155. The van der Waals surface area contributed by atoms with Gasteiger partial charge < -0.3 is 5.11 Å².